The predicted octanol–water partition coefficient (Wildman–Crippen LogP) is 1.63. The number of fused-ring (bicyclic) bond motifs is 2. The Morgan fingerprint density at radius 1 is 1.14 bits per heavy atom. The van der Waals surface area contributed by atoms with Crippen molar-refractivity contribution in [3.8, 4) is 0 Å². The quantitative estimate of drug-likeness (QED) is 0.410. The van der Waals surface area contributed by atoms with Crippen LogP contribution in [-0.2, 0) is 0 Å². The zero-order valence-corrected chi connectivity index (χ0v) is 7.08. The maximum absolute atomic E-state index is 2.46. The molecule has 0 N–H and O–H groups in total. The Bertz CT molecular complexity index is 94.7. The zero-order valence-electron chi connectivity index (χ0n) is 4.22. The van der Waals surface area contributed by atoms with Crippen molar-refractivity contribution in [1.29, 1.82) is 0 Å². The van der Waals surface area contributed by atoms with Crippen LogP contribution in [0.3, 0.4) is 0 Å². The fourth-order valence-corrected chi connectivity index (χ4v) is 6.11. The molecule has 2 aliphatic heterocycles. The summed E-state index contributed by atoms with van der Waals surface area (Å²) in [5.74, 6) is 0. The molecule has 0 saturated carbocycles. The van der Waals surface area contributed by atoms with Gasteiger partial charge >= 0.3 is 54.0 Å². The molecule has 2 radical (unpaired) electrons. The molecule has 2 atom stereocenters. The summed E-state index contributed by atoms with van der Waals surface area (Å²) in [5, 5.41) is 0. The average molecular weight is 199 g/mol. The van der Waals surface area contributed by atoms with Crippen LogP contribution in [0.2, 0.25) is 7.87 Å². The molecule has 2 unspecified atom stereocenters. The molecule has 0 amide bonds. The van der Waals surface area contributed by atoms with E-state index in [1.165, 1.54) is 0 Å². The summed E-state index contributed by atoms with van der Waals surface area (Å²) in [4.78, 5) is 0. The molecule has 0 spiro atoms. The van der Waals surface area contributed by atoms with Crippen LogP contribution in [0.15, 0.2) is 12.2 Å². The van der Waals surface area contributed by atoms with Crippen molar-refractivity contribution in [3.63, 3.8) is 0 Å². The fourth-order valence-electron chi connectivity index (χ4n) is 1.37. The molecule has 0 nitrogen and oxygen atoms in total. The van der Waals surface area contributed by atoms with E-state index < -0.39 is 0 Å². The van der Waals surface area contributed by atoms with Gasteiger partial charge in [0.15, 0.2) is 0 Å². The van der Waals surface area contributed by atoms with Gasteiger partial charge in [0.2, 0.25) is 0 Å². The van der Waals surface area contributed by atoms with Gasteiger partial charge in [-0.2, -0.15) is 0 Å². The maximum atomic E-state index is 2.46. The third kappa shape index (κ3) is 0.637. The summed E-state index contributed by atoms with van der Waals surface area (Å²) >= 11 is 0.150. The molecule has 0 aliphatic carbocycles. The SMILES string of the molecule is C1=C[CH]2CC[CH]1[Sn]2. The van der Waals surface area contributed by atoms with Crippen molar-refractivity contribution in [2.24, 2.45) is 0 Å². The first-order valence-electron chi connectivity index (χ1n) is 2.89. The Morgan fingerprint density at radius 2 is 1.71 bits per heavy atom. The first-order valence-corrected chi connectivity index (χ1v) is 6.19. The monoisotopic (exact) mass is 200 g/mol. The molecular formula is C6H8Sn. The molecule has 1 saturated heterocycles. The Balaban J connectivity index is 2.27. The number of hydrogen-bond acceptors (Lipinski definition) is 0. The van der Waals surface area contributed by atoms with E-state index in [0.29, 0.717) is 0 Å². The first kappa shape index (κ1) is 4.42. The Morgan fingerprint density at radius 3 is 1.86 bits per heavy atom. The molecule has 0 aromatic carbocycles. The Labute approximate surface area is 54.2 Å². The van der Waals surface area contributed by atoms with E-state index in [1.54, 1.807) is 12.8 Å². The van der Waals surface area contributed by atoms with E-state index in [2.05, 4.69) is 12.2 Å². The zero-order chi connectivity index (χ0) is 4.69. The van der Waals surface area contributed by atoms with Gasteiger partial charge in [-0.1, -0.05) is 0 Å². The van der Waals surface area contributed by atoms with Crippen molar-refractivity contribution in [2.45, 2.75) is 20.7 Å². The van der Waals surface area contributed by atoms with E-state index in [9.17, 15) is 0 Å². The summed E-state index contributed by atoms with van der Waals surface area (Å²) in [7, 11) is 0. The molecule has 36 valence electrons. The standard InChI is InChI=1S/C6H8.Sn/c1-2-4-6-5-3-1;/h1-4H,5-6H2;. The fraction of sp³-hybridized carbons (Fsp3) is 0.667. The van der Waals surface area contributed by atoms with Crippen LogP contribution in [0, 0.1) is 0 Å². The third-order valence-corrected chi connectivity index (χ3v) is 6.98. The van der Waals surface area contributed by atoms with Gasteiger partial charge in [-0.05, 0) is 0 Å². The average Bonchev–Trinajstić information content (AvgIpc) is 2.22. The van der Waals surface area contributed by atoms with Crippen molar-refractivity contribution in [2.75, 3.05) is 0 Å². The van der Waals surface area contributed by atoms with Crippen LogP contribution in [-0.4, -0.2) is 21.1 Å². The number of allylic oxidation sites excluding steroid dienone is 2. The molecular weight excluding hydrogens is 191 g/mol. The summed E-state index contributed by atoms with van der Waals surface area (Å²) in [6, 6.07) is 0. The molecule has 2 aliphatic rings. The predicted molar refractivity (Wildman–Crippen MR) is 31.6 cm³/mol. The number of hydrogen-bond donors (Lipinski definition) is 0. The van der Waals surface area contributed by atoms with Crippen LogP contribution >= 0.6 is 0 Å². The minimum absolute atomic E-state index is 0.150. The van der Waals surface area contributed by atoms with Gasteiger partial charge < -0.3 is 0 Å². The third-order valence-electron chi connectivity index (χ3n) is 1.79. The minimum atomic E-state index is 0.150. The van der Waals surface area contributed by atoms with Crippen LogP contribution in [0.4, 0.5) is 0 Å². The molecule has 0 aromatic rings. The normalized spacial score (nSPS) is 45.7. The molecule has 1 heteroatoms. The van der Waals surface area contributed by atoms with Gasteiger partial charge in [0.05, 0.1) is 0 Å². The number of rotatable bonds is 0. The second-order valence-electron chi connectivity index (χ2n) is 2.34. The molecule has 2 heterocycles. The summed E-state index contributed by atoms with van der Waals surface area (Å²) in [5.41, 5.74) is 0. The first-order chi connectivity index (χ1) is 3.45. The van der Waals surface area contributed by atoms with Gasteiger partial charge in [0.1, 0.15) is 0 Å². The molecule has 7 heavy (non-hydrogen) atoms. The van der Waals surface area contributed by atoms with Crippen molar-refractivity contribution < 1.29 is 0 Å². The van der Waals surface area contributed by atoms with Gasteiger partial charge in [-0.25, -0.2) is 0 Å². The molecule has 2 bridgehead atoms. The van der Waals surface area contributed by atoms with Gasteiger partial charge in [0, 0.05) is 0 Å². The second kappa shape index (κ2) is 1.51. The van der Waals surface area contributed by atoms with Crippen molar-refractivity contribution >= 4 is 21.1 Å². The van der Waals surface area contributed by atoms with E-state index in [4.69, 9.17) is 0 Å². The summed E-state index contributed by atoms with van der Waals surface area (Å²) < 4.78 is 2.32. The van der Waals surface area contributed by atoms with Gasteiger partial charge in [-0.15, -0.1) is 0 Å². The van der Waals surface area contributed by atoms with E-state index in [-0.39, 0.29) is 21.1 Å². The van der Waals surface area contributed by atoms with E-state index in [1.807, 2.05) is 0 Å². The molecule has 0 aromatic heterocycles. The summed E-state index contributed by atoms with van der Waals surface area (Å²) in [6.45, 7) is 0. The Hall–Kier alpha value is 0.539. The van der Waals surface area contributed by atoms with Gasteiger partial charge in [0.25, 0.3) is 0 Å². The van der Waals surface area contributed by atoms with Crippen molar-refractivity contribution in [1.82, 2.24) is 0 Å². The second-order valence-corrected chi connectivity index (χ2v) is 7.53. The molecule has 1 fully saturated rings. The van der Waals surface area contributed by atoms with Crippen LogP contribution in [0.5, 0.6) is 0 Å². The molecule has 2 rings (SSSR count). The van der Waals surface area contributed by atoms with Gasteiger partial charge in [-0.3, -0.25) is 0 Å². The van der Waals surface area contributed by atoms with E-state index >= 15 is 0 Å². The van der Waals surface area contributed by atoms with Crippen LogP contribution in [0.25, 0.3) is 0 Å². The van der Waals surface area contributed by atoms with E-state index in [0.717, 1.165) is 7.87 Å². The van der Waals surface area contributed by atoms with Crippen molar-refractivity contribution in [3.05, 3.63) is 12.2 Å². The summed E-state index contributed by atoms with van der Waals surface area (Å²) in [6.07, 6.45) is 8.02. The topological polar surface area (TPSA) is 0 Å². The van der Waals surface area contributed by atoms with Crippen LogP contribution in [0.1, 0.15) is 12.8 Å². The Kier molecular flexibility index (Phi) is 0.951. The van der Waals surface area contributed by atoms with Crippen LogP contribution < -0.4 is 0 Å².